The van der Waals surface area contributed by atoms with Crippen LogP contribution < -0.4 is 5.46 Å². The van der Waals surface area contributed by atoms with Gasteiger partial charge < -0.3 is 47.3 Å². The summed E-state index contributed by atoms with van der Waals surface area (Å²) in [6, 6.07) is 25.6. The fraction of sp³-hybridized carbons (Fsp3) is 0.543. The molecule has 3 saturated heterocycles. The summed E-state index contributed by atoms with van der Waals surface area (Å²) in [7, 11) is -1.38. The zero-order chi connectivity index (χ0) is 64.9. The first-order valence-corrected chi connectivity index (χ1v) is 32.8. The molecule has 4 saturated carbocycles. The van der Waals surface area contributed by atoms with Gasteiger partial charge >= 0.3 is 33.1 Å². The number of carbonyl (C=O) groups excluding carboxylic acids is 2. The molecule has 0 atom stereocenters. The Bertz CT molecular complexity index is 3620. The van der Waals surface area contributed by atoms with Gasteiger partial charge in [0.2, 0.25) is 0 Å². The molecule has 5 heterocycles. The number of Topliss-reactive ketones (excluding diaryl/α,β-unsaturated/α-hetero) is 2. The Morgan fingerprint density at radius 3 is 1.10 bits per heavy atom. The molecule has 20 heteroatoms. The standard InChI is InChI=1S/C32H37BFNO5.C26H25BrFNO3.C12H24B2O4/c1-30(2)31(3,4)40-33(39-30)23-7-5-20(6-8-23)19-35-12-11-24-26(34)10-9-25(29(24)35)27(36)13-21-15-32(16-21)17-22(18-32)14-28(37)38;27-19-3-1-16(2-4-19)15-29-8-7-20-22(28)6-5-21(25(20)29)23(30)9-17-11-26(12-17)13-18(14-26)10-24(31)32;1-9(2)10(3,4)16-13(15-9)14-17-11(5,6)12(7,8)18-14/h5-12,21-22H,13-19H2,1-4H3,(H,37,38);1-8,17-18H,9-15H2,(H,31,32);1-8H3. The summed E-state index contributed by atoms with van der Waals surface area (Å²) in [5.74, 6) is -0.766. The van der Waals surface area contributed by atoms with Crippen molar-refractivity contribution >= 4 is 87.8 Å². The third kappa shape index (κ3) is 13.2. The van der Waals surface area contributed by atoms with Crippen molar-refractivity contribution in [3.63, 3.8) is 0 Å². The lowest BCUT2D eigenvalue weighted by atomic mass is 9.47. The van der Waals surface area contributed by atoms with Crippen LogP contribution in [0.2, 0.25) is 0 Å². The predicted octanol–water partition coefficient (Wildman–Crippen LogP) is 14.7. The predicted molar refractivity (Wildman–Crippen MR) is 349 cm³/mol. The molecule has 7 aliphatic rings. The molecule has 0 bridgehead atoms. The Morgan fingerprint density at radius 1 is 0.456 bits per heavy atom. The molecule has 0 amide bonds. The molecule has 0 radical (unpaired) electrons. The molecule has 478 valence electrons. The number of rotatable bonds is 16. The van der Waals surface area contributed by atoms with E-state index in [0.29, 0.717) is 76.6 Å². The lowest BCUT2D eigenvalue weighted by Gasteiger charge is -2.58. The van der Waals surface area contributed by atoms with Gasteiger partial charge in [-0.25, -0.2) is 8.78 Å². The Balaban J connectivity index is 0.000000149. The maximum atomic E-state index is 14.8. The van der Waals surface area contributed by atoms with Crippen molar-refractivity contribution < 1.29 is 66.1 Å². The number of halogens is 3. The first-order valence-electron chi connectivity index (χ1n) is 32.0. The van der Waals surface area contributed by atoms with Gasteiger partial charge in [-0.2, -0.15) is 0 Å². The van der Waals surface area contributed by atoms with Crippen LogP contribution in [0.1, 0.15) is 192 Å². The highest BCUT2D eigenvalue weighted by Crippen LogP contribution is 2.64. The SMILES string of the molecule is CC1(C)OB(B2OC(C)(C)C(C)(C)O2)OC1(C)C.CC1(C)OB(c2ccc(Cn3ccc4c(F)ccc(C(=O)CC5CC6(CC(CC(=O)O)C6)C5)c43)cc2)OC1(C)C.O=C(O)CC1CC2(C1)CC(CC(=O)c1ccc(F)c3ccn(Cc4ccc(Br)cc4)c13)C2. The maximum absolute atomic E-state index is 14.8. The van der Waals surface area contributed by atoms with E-state index in [-0.39, 0.29) is 75.2 Å². The number of carboxylic acids is 2. The fourth-order valence-electron chi connectivity index (χ4n) is 15.2. The van der Waals surface area contributed by atoms with Crippen LogP contribution in [-0.2, 0) is 50.6 Å². The number of benzene rings is 4. The van der Waals surface area contributed by atoms with Crippen LogP contribution in [0.5, 0.6) is 0 Å². The van der Waals surface area contributed by atoms with Crippen LogP contribution in [0.25, 0.3) is 21.8 Å². The van der Waals surface area contributed by atoms with Crippen LogP contribution in [-0.4, -0.2) is 97.6 Å². The summed E-state index contributed by atoms with van der Waals surface area (Å²) < 4.78 is 70.3. The monoisotopic (exact) mass is 1300 g/mol. The minimum Gasteiger partial charge on any atom is -0.481 e. The Morgan fingerprint density at radius 2 is 0.767 bits per heavy atom. The summed E-state index contributed by atoms with van der Waals surface area (Å²) in [6.45, 7) is 25.4. The van der Waals surface area contributed by atoms with E-state index < -0.39 is 44.3 Å². The Hall–Kier alpha value is -5.47. The fourth-order valence-corrected chi connectivity index (χ4v) is 15.4. The van der Waals surface area contributed by atoms with E-state index >= 15 is 0 Å². The van der Waals surface area contributed by atoms with Crippen molar-refractivity contribution in [2.75, 3.05) is 0 Å². The minimum absolute atomic E-state index is 0.0438. The number of hydrogen-bond acceptors (Lipinski definition) is 10. The Labute approximate surface area is 537 Å². The highest BCUT2D eigenvalue weighted by Gasteiger charge is 2.64. The van der Waals surface area contributed by atoms with Gasteiger partial charge in [0.1, 0.15) is 11.6 Å². The number of hydrogen-bond donors (Lipinski definition) is 2. The molecule has 14 nitrogen and oxygen atoms in total. The summed E-state index contributed by atoms with van der Waals surface area (Å²) in [5.41, 5.74) is 3.76. The molecule has 13 rings (SSSR count). The Kier molecular flexibility index (Phi) is 17.7. The van der Waals surface area contributed by atoms with Gasteiger partial charge in [-0.1, -0.05) is 52.3 Å². The van der Waals surface area contributed by atoms with E-state index in [2.05, 4.69) is 15.9 Å². The molecule has 2 aromatic heterocycles. The second-order valence-electron chi connectivity index (χ2n) is 30.4. The van der Waals surface area contributed by atoms with Gasteiger partial charge in [-0.15, -0.1) is 0 Å². The minimum atomic E-state index is -0.727. The van der Waals surface area contributed by atoms with Crippen LogP contribution in [0, 0.1) is 46.1 Å². The van der Waals surface area contributed by atoms with E-state index in [4.69, 9.17) is 38.1 Å². The summed E-state index contributed by atoms with van der Waals surface area (Å²) in [6.07, 6.45) is 12.9. The highest BCUT2D eigenvalue weighted by molar-refractivity contribution is 9.10. The molecule has 6 aromatic rings. The summed E-state index contributed by atoms with van der Waals surface area (Å²) in [5, 5.41) is 18.9. The average molecular weight is 1300 g/mol. The quantitative estimate of drug-likeness (QED) is 0.0694. The molecule has 90 heavy (non-hydrogen) atoms. The zero-order valence-corrected chi connectivity index (χ0v) is 55.8. The topological polar surface area (TPSA) is 174 Å². The second kappa shape index (κ2) is 24.1. The smallest absolute Gasteiger partial charge is 0.481 e. The van der Waals surface area contributed by atoms with Crippen LogP contribution in [0.15, 0.2) is 102 Å². The number of fused-ring (bicyclic) bond motifs is 2. The summed E-state index contributed by atoms with van der Waals surface area (Å²) >= 11 is 3.44. The molecule has 7 fully saturated rings. The number of carbonyl (C=O) groups is 4. The van der Waals surface area contributed by atoms with E-state index in [0.717, 1.165) is 72.4 Å². The van der Waals surface area contributed by atoms with Crippen LogP contribution in [0.4, 0.5) is 8.78 Å². The normalized spacial score (nSPS) is 26.9. The van der Waals surface area contributed by atoms with E-state index in [1.54, 1.807) is 24.3 Å². The third-order valence-electron chi connectivity index (χ3n) is 21.9. The van der Waals surface area contributed by atoms with Crippen molar-refractivity contribution in [3.8, 4) is 0 Å². The van der Waals surface area contributed by atoms with Crippen molar-refractivity contribution in [3.05, 3.63) is 136 Å². The van der Waals surface area contributed by atoms with Gasteiger partial charge in [0.25, 0.3) is 0 Å². The van der Waals surface area contributed by atoms with Crippen molar-refractivity contribution in [2.24, 2.45) is 34.5 Å². The maximum Gasteiger partial charge on any atom is 0.494 e. The summed E-state index contributed by atoms with van der Waals surface area (Å²) in [4.78, 5) is 48.5. The number of carboxylic acid groups (broad SMARTS) is 2. The first kappa shape index (κ1) is 66.0. The van der Waals surface area contributed by atoms with Crippen molar-refractivity contribution in [1.29, 1.82) is 0 Å². The van der Waals surface area contributed by atoms with Crippen LogP contribution in [0.3, 0.4) is 0 Å². The van der Waals surface area contributed by atoms with E-state index in [1.807, 2.05) is 153 Å². The van der Waals surface area contributed by atoms with E-state index in [9.17, 15) is 28.0 Å². The molecule has 2 N–H and O–H groups in total. The van der Waals surface area contributed by atoms with Gasteiger partial charge in [0.05, 0.1) is 44.6 Å². The second-order valence-corrected chi connectivity index (χ2v) is 31.3. The molecule has 4 aliphatic carbocycles. The molecule has 4 aromatic carbocycles. The molecule has 3 aliphatic heterocycles. The average Bonchev–Trinajstić information content (AvgIpc) is 0.969. The number of ketones is 2. The largest absolute Gasteiger partial charge is 0.494 e. The molecule has 2 spiro atoms. The van der Waals surface area contributed by atoms with Gasteiger partial charge in [0.15, 0.2) is 11.6 Å². The molecule has 0 unspecified atom stereocenters. The van der Waals surface area contributed by atoms with Crippen molar-refractivity contribution in [1.82, 2.24) is 9.13 Å². The number of aliphatic carboxylic acids is 2. The van der Waals surface area contributed by atoms with Gasteiger partial charge in [-0.05, 0) is 234 Å². The van der Waals surface area contributed by atoms with Gasteiger partial charge in [-0.3, -0.25) is 19.2 Å². The number of nitrogens with zero attached hydrogens (tertiary/aromatic N) is 2. The highest BCUT2D eigenvalue weighted by atomic mass is 79.9. The van der Waals surface area contributed by atoms with Crippen LogP contribution >= 0.6 is 15.9 Å². The van der Waals surface area contributed by atoms with Gasteiger partial charge in [0, 0.05) is 77.5 Å². The first-order chi connectivity index (χ1) is 42.0. The lowest BCUT2D eigenvalue weighted by molar-refractivity contribution is -0.144. The van der Waals surface area contributed by atoms with Crippen molar-refractivity contribution in [2.45, 2.75) is 207 Å². The van der Waals surface area contributed by atoms with E-state index in [1.165, 1.54) is 12.1 Å². The molecular weight excluding hydrogens is 1210 g/mol. The zero-order valence-electron chi connectivity index (χ0n) is 54.2. The molecular formula is C70H86B3BrF2N2O12. The number of aromatic nitrogens is 2. The third-order valence-corrected chi connectivity index (χ3v) is 22.4. The lowest BCUT2D eigenvalue weighted by Crippen LogP contribution is -2.48.